The predicted octanol–water partition coefficient (Wildman–Crippen LogP) is 3.96. The average Bonchev–Trinajstić information content (AvgIpc) is 2.59. The SMILES string of the molecule is C=C(C)[C@H]1OCCC[C@H]1C(=O)NC(C)COc1ccccc1C(F)(F)F. The Morgan fingerprint density at radius 3 is 2.77 bits per heavy atom. The minimum atomic E-state index is -4.49. The zero-order chi connectivity index (χ0) is 19.3. The Labute approximate surface area is 151 Å². The van der Waals surface area contributed by atoms with Crippen molar-refractivity contribution in [3.05, 3.63) is 42.0 Å². The number of amides is 1. The van der Waals surface area contributed by atoms with E-state index in [1.165, 1.54) is 18.2 Å². The first-order valence-corrected chi connectivity index (χ1v) is 8.56. The smallest absolute Gasteiger partial charge is 0.419 e. The Morgan fingerprint density at radius 1 is 1.42 bits per heavy atom. The normalized spacial score (nSPS) is 21.7. The van der Waals surface area contributed by atoms with Gasteiger partial charge >= 0.3 is 6.18 Å². The van der Waals surface area contributed by atoms with Crippen molar-refractivity contribution in [3.63, 3.8) is 0 Å². The Bertz CT molecular complexity index is 645. The van der Waals surface area contributed by atoms with Crippen molar-refractivity contribution in [1.29, 1.82) is 0 Å². The lowest BCUT2D eigenvalue weighted by Gasteiger charge is -2.32. The Morgan fingerprint density at radius 2 is 2.12 bits per heavy atom. The highest BCUT2D eigenvalue weighted by molar-refractivity contribution is 5.80. The van der Waals surface area contributed by atoms with Crippen LogP contribution >= 0.6 is 0 Å². The Kier molecular flexibility index (Phi) is 6.69. The summed E-state index contributed by atoms with van der Waals surface area (Å²) in [4.78, 5) is 12.5. The van der Waals surface area contributed by atoms with Crippen molar-refractivity contribution in [2.45, 2.75) is 45.0 Å². The Balaban J connectivity index is 1.94. The maximum Gasteiger partial charge on any atom is 0.419 e. The van der Waals surface area contributed by atoms with E-state index >= 15 is 0 Å². The summed E-state index contributed by atoms with van der Waals surface area (Å²) >= 11 is 0. The summed E-state index contributed by atoms with van der Waals surface area (Å²) in [6, 6.07) is 4.57. The first-order chi connectivity index (χ1) is 12.2. The minimum absolute atomic E-state index is 0.0653. The van der Waals surface area contributed by atoms with Crippen LogP contribution < -0.4 is 10.1 Å². The van der Waals surface area contributed by atoms with Gasteiger partial charge in [0.1, 0.15) is 12.4 Å². The number of alkyl halides is 3. The van der Waals surface area contributed by atoms with Gasteiger partial charge in [0.05, 0.1) is 23.6 Å². The van der Waals surface area contributed by atoms with Crippen LogP contribution in [0.15, 0.2) is 36.4 Å². The lowest BCUT2D eigenvalue weighted by atomic mass is 9.89. The van der Waals surface area contributed by atoms with Gasteiger partial charge in [-0.15, -0.1) is 0 Å². The van der Waals surface area contributed by atoms with Crippen molar-refractivity contribution in [2.24, 2.45) is 5.92 Å². The van der Waals surface area contributed by atoms with Gasteiger partial charge in [0.25, 0.3) is 0 Å². The van der Waals surface area contributed by atoms with Crippen LogP contribution in [0.25, 0.3) is 0 Å². The first-order valence-electron chi connectivity index (χ1n) is 8.56. The molecule has 0 bridgehead atoms. The molecule has 1 aliphatic heterocycles. The van der Waals surface area contributed by atoms with Crippen molar-refractivity contribution in [1.82, 2.24) is 5.32 Å². The molecule has 1 fully saturated rings. The van der Waals surface area contributed by atoms with Crippen molar-refractivity contribution < 1.29 is 27.4 Å². The summed E-state index contributed by atoms with van der Waals surface area (Å²) in [5.41, 5.74) is -0.0468. The van der Waals surface area contributed by atoms with Crippen LogP contribution in [-0.4, -0.2) is 31.3 Å². The fraction of sp³-hybridized carbons (Fsp3) is 0.526. The zero-order valence-electron chi connectivity index (χ0n) is 14.9. The van der Waals surface area contributed by atoms with Gasteiger partial charge in [-0.25, -0.2) is 0 Å². The third kappa shape index (κ3) is 5.24. The fourth-order valence-corrected chi connectivity index (χ4v) is 2.97. The molecule has 1 unspecified atom stereocenters. The highest BCUT2D eigenvalue weighted by Gasteiger charge is 2.35. The number of nitrogens with one attached hydrogen (secondary N) is 1. The molecular weight excluding hydrogens is 347 g/mol. The quantitative estimate of drug-likeness (QED) is 0.770. The second-order valence-electron chi connectivity index (χ2n) is 6.60. The largest absolute Gasteiger partial charge is 0.491 e. The highest BCUT2D eigenvalue weighted by Crippen LogP contribution is 2.35. The molecule has 1 N–H and O–H groups in total. The molecule has 1 amide bonds. The lowest BCUT2D eigenvalue weighted by Crippen LogP contribution is -2.46. The molecule has 3 atom stereocenters. The van der Waals surface area contributed by atoms with E-state index in [2.05, 4.69) is 11.9 Å². The zero-order valence-corrected chi connectivity index (χ0v) is 14.9. The number of carbonyl (C=O) groups excluding carboxylic acids is 1. The van der Waals surface area contributed by atoms with Gasteiger partial charge in [0, 0.05) is 6.61 Å². The van der Waals surface area contributed by atoms with Crippen LogP contribution in [0.4, 0.5) is 13.2 Å². The van der Waals surface area contributed by atoms with Gasteiger partial charge in [-0.1, -0.05) is 24.3 Å². The van der Waals surface area contributed by atoms with E-state index in [4.69, 9.17) is 9.47 Å². The fourth-order valence-electron chi connectivity index (χ4n) is 2.97. The summed E-state index contributed by atoms with van der Waals surface area (Å²) in [6.07, 6.45) is -3.35. The molecule has 1 heterocycles. The van der Waals surface area contributed by atoms with Crippen molar-refractivity contribution in [2.75, 3.05) is 13.2 Å². The molecule has 0 radical (unpaired) electrons. The van der Waals surface area contributed by atoms with Gasteiger partial charge in [-0.05, 0) is 38.8 Å². The number of hydrogen-bond acceptors (Lipinski definition) is 3. The molecule has 4 nitrogen and oxygen atoms in total. The average molecular weight is 371 g/mol. The van der Waals surface area contributed by atoms with Gasteiger partial charge in [-0.2, -0.15) is 13.2 Å². The molecule has 0 spiro atoms. The molecule has 0 saturated carbocycles. The van der Waals surface area contributed by atoms with Gasteiger partial charge in [0.15, 0.2) is 0 Å². The molecule has 7 heteroatoms. The van der Waals surface area contributed by atoms with Gasteiger partial charge in [0.2, 0.25) is 5.91 Å². The number of rotatable bonds is 6. The van der Waals surface area contributed by atoms with E-state index in [9.17, 15) is 18.0 Å². The third-order valence-corrected chi connectivity index (χ3v) is 4.21. The number of ether oxygens (including phenoxy) is 2. The highest BCUT2D eigenvalue weighted by atomic mass is 19.4. The van der Waals surface area contributed by atoms with E-state index in [0.29, 0.717) is 13.0 Å². The molecule has 1 saturated heterocycles. The number of para-hydroxylation sites is 1. The minimum Gasteiger partial charge on any atom is -0.491 e. The van der Waals surface area contributed by atoms with E-state index in [0.717, 1.165) is 18.1 Å². The first kappa shape index (κ1) is 20.3. The summed E-state index contributed by atoms with van der Waals surface area (Å²) in [6.45, 7) is 7.89. The lowest BCUT2D eigenvalue weighted by molar-refractivity contribution is -0.139. The van der Waals surface area contributed by atoms with Gasteiger partial charge < -0.3 is 14.8 Å². The van der Waals surface area contributed by atoms with Gasteiger partial charge in [-0.3, -0.25) is 4.79 Å². The third-order valence-electron chi connectivity index (χ3n) is 4.21. The number of carbonyl (C=O) groups is 1. The molecule has 0 aromatic heterocycles. The van der Waals surface area contributed by atoms with Crippen LogP contribution in [0, 0.1) is 5.92 Å². The van der Waals surface area contributed by atoms with Crippen molar-refractivity contribution >= 4 is 5.91 Å². The number of benzene rings is 1. The second kappa shape index (κ2) is 8.58. The van der Waals surface area contributed by atoms with E-state index in [-0.39, 0.29) is 30.3 Å². The molecule has 144 valence electrons. The predicted molar refractivity (Wildman–Crippen MR) is 91.8 cm³/mol. The molecule has 2 rings (SSSR count). The van der Waals surface area contributed by atoms with Crippen molar-refractivity contribution in [3.8, 4) is 5.75 Å². The van der Waals surface area contributed by atoms with Crippen LogP contribution in [0.5, 0.6) is 5.75 Å². The summed E-state index contributed by atoms with van der Waals surface area (Å²) in [5.74, 6) is -0.786. The summed E-state index contributed by atoms with van der Waals surface area (Å²) < 4.78 is 49.8. The van der Waals surface area contributed by atoms with E-state index < -0.39 is 17.8 Å². The second-order valence-corrected chi connectivity index (χ2v) is 6.60. The number of hydrogen-bond donors (Lipinski definition) is 1. The maximum atomic E-state index is 13.0. The maximum absolute atomic E-state index is 13.0. The Hall–Kier alpha value is -2.02. The number of halogens is 3. The molecule has 26 heavy (non-hydrogen) atoms. The summed E-state index contributed by atoms with van der Waals surface area (Å²) in [5, 5.41) is 2.80. The van der Waals surface area contributed by atoms with Crippen LogP contribution in [0.1, 0.15) is 32.3 Å². The van der Waals surface area contributed by atoms with Crippen LogP contribution in [0.3, 0.4) is 0 Å². The van der Waals surface area contributed by atoms with Crippen LogP contribution in [0.2, 0.25) is 0 Å². The molecule has 1 aromatic carbocycles. The summed E-state index contributed by atoms with van der Waals surface area (Å²) in [7, 11) is 0. The van der Waals surface area contributed by atoms with Crippen LogP contribution in [-0.2, 0) is 15.7 Å². The molecule has 1 aromatic rings. The standard InChI is InChI=1S/C19H24F3NO3/c1-12(2)17-14(7-6-10-25-17)18(24)23-13(3)11-26-16-9-5-4-8-15(16)19(20,21)22/h4-5,8-9,13-14,17H,1,6-7,10-11H2,2-3H3,(H,23,24)/t13?,14-,17-/m1/s1. The molecule has 1 aliphatic rings. The molecule has 0 aliphatic carbocycles. The van der Waals surface area contributed by atoms with E-state index in [1.807, 2.05) is 6.92 Å². The molecular formula is C19H24F3NO3. The monoisotopic (exact) mass is 371 g/mol. The van der Waals surface area contributed by atoms with E-state index in [1.54, 1.807) is 6.92 Å². The topological polar surface area (TPSA) is 47.6 Å².